The zero-order chi connectivity index (χ0) is 26.8. The van der Waals surface area contributed by atoms with Crippen LogP contribution in [0.4, 0.5) is 11.5 Å². The molecule has 5 heterocycles. The van der Waals surface area contributed by atoms with Crippen LogP contribution in [-0.2, 0) is 6.54 Å². The van der Waals surface area contributed by atoms with Crippen molar-refractivity contribution in [3.05, 3.63) is 66.2 Å². The number of anilines is 2. The molecule has 0 radical (unpaired) electrons. The summed E-state index contributed by atoms with van der Waals surface area (Å²) in [4.78, 5) is 26.9. The molecule has 1 amide bonds. The Morgan fingerprint density at radius 3 is 2.59 bits per heavy atom. The van der Waals surface area contributed by atoms with Crippen LogP contribution in [0.15, 0.2) is 55.0 Å². The van der Waals surface area contributed by atoms with Crippen molar-refractivity contribution in [2.24, 2.45) is 5.92 Å². The largest absolute Gasteiger partial charge is 0.393 e. The molecule has 2 aliphatic heterocycles. The number of aliphatic hydroxyl groups excluding tert-OH is 1. The number of likely N-dealkylation sites (tertiary alicyclic amines) is 1. The molecule has 1 aromatic carbocycles. The summed E-state index contributed by atoms with van der Waals surface area (Å²) in [6.45, 7) is 7.05. The molecule has 9 nitrogen and oxygen atoms in total. The van der Waals surface area contributed by atoms with Crippen molar-refractivity contribution in [2.75, 3.05) is 36.4 Å². The lowest BCUT2D eigenvalue weighted by Crippen LogP contribution is -2.36. The fraction of sp³-hybridized carbons (Fsp3) is 0.400. The Morgan fingerprint density at radius 2 is 1.82 bits per heavy atom. The molecule has 6 rings (SSSR count). The minimum atomic E-state index is -0.291. The number of carbonyl (C=O) groups excluding carboxylic acids is 1. The van der Waals surface area contributed by atoms with Crippen LogP contribution in [0.5, 0.6) is 0 Å². The van der Waals surface area contributed by atoms with Gasteiger partial charge in [-0.1, -0.05) is 13.0 Å². The van der Waals surface area contributed by atoms with Gasteiger partial charge in [-0.3, -0.25) is 19.8 Å². The Hall–Kier alpha value is -3.82. The molecule has 0 saturated carbocycles. The molecule has 0 spiro atoms. The number of carbonyl (C=O) groups is 1. The number of rotatable bonds is 6. The average molecular weight is 526 g/mol. The predicted molar refractivity (Wildman–Crippen MR) is 153 cm³/mol. The second-order valence-corrected chi connectivity index (χ2v) is 11.0. The highest BCUT2D eigenvalue weighted by atomic mass is 16.3. The molecular weight excluding hydrogens is 490 g/mol. The predicted octanol–water partition coefficient (Wildman–Crippen LogP) is 4.47. The molecular formula is C30H35N7O2. The number of aromatic amines is 1. The molecule has 2 aliphatic rings. The van der Waals surface area contributed by atoms with Gasteiger partial charge in [0.2, 0.25) is 0 Å². The second-order valence-electron chi connectivity index (χ2n) is 11.0. The number of amides is 1. The van der Waals surface area contributed by atoms with Crippen LogP contribution < -0.4 is 10.2 Å². The number of nitrogens with one attached hydrogen (secondary N) is 2. The van der Waals surface area contributed by atoms with E-state index in [1.165, 1.54) is 18.4 Å². The van der Waals surface area contributed by atoms with Crippen LogP contribution in [0.2, 0.25) is 0 Å². The molecule has 0 atom stereocenters. The zero-order valence-corrected chi connectivity index (χ0v) is 22.3. The molecule has 4 aromatic rings. The molecule has 2 fully saturated rings. The van der Waals surface area contributed by atoms with E-state index >= 15 is 0 Å². The Labute approximate surface area is 228 Å². The minimum Gasteiger partial charge on any atom is -0.393 e. The smallest absolute Gasteiger partial charge is 0.276 e. The number of aromatic nitrogens is 4. The number of hydrogen-bond acceptors (Lipinski definition) is 7. The van der Waals surface area contributed by atoms with Crippen molar-refractivity contribution in [1.82, 2.24) is 25.1 Å². The van der Waals surface area contributed by atoms with E-state index < -0.39 is 0 Å². The van der Waals surface area contributed by atoms with Crippen LogP contribution >= 0.6 is 0 Å². The number of nitrogens with zero attached hydrogens (tertiary/aromatic N) is 5. The van der Waals surface area contributed by atoms with Gasteiger partial charge in [0.15, 0.2) is 5.69 Å². The maximum Gasteiger partial charge on any atom is 0.276 e. The standard InChI is InChI=1S/C30H35N7O2/c1-20-6-10-36(11-7-20)19-21-14-23(17-31-16-21)22-2-4-27-26(15-22)29(35-34-27)30(39)33-24-3-5-28(32-18-24)37-12-8-25(38)9-13-37/h2-5,14-18,20,25,38H,6-13,19H2,1H3,(H,33,39)(H,34,35). The number of fused-ring (bicyclic) bond motifs is 1. The third-order valence-electron chi connectivity index (χ3n) is 7.98. The van der Waals surface area contributed by atoms with Gasteiger partial charge in [-0.15, -0.1) is 0 Å². The summed E-state index contributed by atoms with van der Waals surface area (Å²) in [5.74, 6) is 1.37. The molecule has 2 saturated heterocycles. The van der Waals surface area contributed by atoms with Gasteiger partial charge in [-0.25, -0.2) is 4.98 Å². The van der Waals surface area contributed by atoms with E-state index in [9.17, 15) is 9.90 Å². The van der Waals surface area contributed by atoms with Gasteiger partial charge < -0.3 is 15.3 Å². The summed E-state index contributed by atoms with van der Waals surface area (Å²) in [7, 11) is 0. The summed E-state index contributed by atoms with van der Waals surface area (Å²) in [5.41, 5.74) is 4.97. The van der Waals surface area contributed by atoms with Crippen molar-refractivity contribution < 1.29 is 9.90 Å². The van der Waals surface area contributed by atoms with Crippen LogP contribution in [0.1, 0.15) is 48.7 Å². The number of aliphatic hydroxyl groups is 1. The monoisotopic (exact) mass is 525 g/mol. The van der Waals surface area contributed by atoms with Crippen molar-refractivity contribution >= 4 is 28.3 Å². The highest BCUT2D eigenvalue weighted by Crippen LogP contribution is 2.27. The van der Waals surface area contributed by atoms with Crippen molar-refractivity contribution in [2.45, 2.75) is 45.3 Å². The topological polar surface area (TPSA) is 110 Å². The van der Waals surface area contributed by atoms with E-state index in [0.29, 0.717) is 11.4 Å². The average Bonchev–Trinajstić information content (AvgIpc) is 3.39. The number of piperidine rings is 2. The molecule has 202 valence electrons. The van der Waals surface area contributed by atoms with Crippen LogP contribution in [0, 0.1) is 5.92 Å². The van der Waals surface area contributed by atoms with Crippen LogP contribution in [0.3, 0.4) is 0 Å². The summed E-state index contributed by atoms with van der Waals surface area (Å²) >= 11 is 0. The first-order valence-electron chi connectivity index (χ1n) is 13.9. The van der Waals surface area contributed by atoms with Gasteiger partial charge >= 0.3 is 0 Å². The van der Waals surface area contributed by atoms with Gasteiger partial charge in [0, 0.05) is 43.0 Å². The minimum absolute atomic E-state index is 0.229. The van der Waals surface area contributed by atoms with Crippen molar-refractivity contribution in [3.63, 3.8) is 0 Å². The van der Waals surface area contributed by atoms with E-state index in [1.807, 2.05) is 42.7 Å². The SMILES string of the molecule is CC1CCN(Cc2cncc(-c3ccc4[nH]nc(C(=O)Nc5ccc(N6CCC(O)CC6)nc5)c4c3)c2)CC1. The maximum absolute atomic E-state index is 13.2. The first-order valence-corrected chi connectivity index (χ1v) is 13.9. The Bertz CT molecular complexity index is 1440. The van der Waals surface area contributed by atoms with Gasteiger partial charge in [0.05, 0.1) is 23.5 Å². The second kappa shape index (κ2) is 11.1. The van der Waals surface area contributed by atoms with Gasteiger partial charge in [-0.05, 0) is 86.1 Å². The fourth-order valence-corrected chi connectivity index (χ4v) is 5.51. The van der Waals surface area contributed by atoms with E-state index in [0.717, 1.165) is 79.3 Å². The molecule has 0 aliphatic carbocycles. The third-order valence-corrected chi connectivity index (χ3v) is 7.98. The van der Waals surface area contributed by atoms with E-state index in [4.69, 9.17) is 0 Å². The van der Waals surface area contributed by atoms with Crippen LogP contribution in [-0.4, -0.2) is 68.4 Å². The van der Waals surface area contributed by atoms with Crippen LogP contribution in [0.25, 0.3) is 22.0 Å². The molecule has 9 heteroatoms. The van der Waals surface area contributed by atoms with Gasteiger partial charge in [0.1, 0.15) is 5.82 Å². The molecule has 0 bridgehead atoms. The normalized spacial score (nSPS) is 17.5. The number of benzene rings is 1. The van der Waals surface area contributed by atoms with E-state index in [2.05, 4.69) is 48.3 Å². The summed E-state index contributed by atoms with van der Waals surface area (Å²) in [6, 6.07) is 11.9. The highest BCUT2D eigenvalue weighted by molar-refractivity contribution is 6.11. The molecule has 3 N–H and O–H groups in total. The number of H-pyrrole nitrogens is 1. The first kappa shape index (κ1) is 25.5. The number of pyridine rings is 2. The quantitative estimate of drug-likeness (QED) is 0.341. The first-order chi connectivity index (χ1) is 19.0. The van der Waals surface area contributed by atoms with E-state index in [1.54, 1.807) is 6.20 Å². The molecule has 3 aromatic heterocycles. The maximum atomic E-state index is 13.2. The van der Waals surface area contributed by atoms with Crippen molar-refractivity contribution in [1.29, 1.82) is 0 Å². The van der Waals surface area contributed by atoms with Gasteiger partial charge in [0.25, 0.3) is 5.91 Å². The summed E-state index contributed by atoms with van der Waals surface area (Å²) < 4.78 is 0. The lowest BCUT2D eigenvalue weighted by Gasteiger charge is -2.30. The fourth-order valence-electron chi connectivity index (χ4n) is 5.51. The lowest BCUT2D eigenvalue weighted by atomic mass is 9.98. The number of hydrogen-bond donors (Lipinski definition) is 3. The molecule has 39 heavy (non-hydrogen) atoms. The van der Waals surface area contributed by atoms with Crippen molar-refractivity contribution in [3.8, 4) is 11.1 Å². The third kappa shape index (κ3) is 5.79. The van der Waals surface area contributed by atoms with Gasteiger partial charge in [-0.2, -0.15) is 5.10 Å². The Morgan fingerprint density at radius 1 is 1.00 bits per heavy atom. The lowest BCUT2D eigenvalue weighted by molar-refractivity contribution is 0.102. The van der Waals surface area contributed by atoms with E-state index in [-0.39, 0.29) is 12.0 Å². The zero-order valence-electron chi connectivity index (χ0n) is 22.3. The summed E-state index contributed by atoms with van der Waals surface area (Å²) in [5, 5.41) is 20.7. The Balaban J connectivity index is 1.16. The summed E-state index contributed by atoms with van der Waals surface area (Å²) in [6.07, 6.45) is 9.24. The Kier molecular flexibility index (Phi) is 7.26. The highest BCUT2D eigenvalue weighted by Gasteiger charge is 2.20. The molecule has 0 unspecified atom stereocenters.